The van der Waals surface area contributed by atoms with E-state index in [0.29, 0.717) is 5.56 Å². The lowest BCUT2D eigenvalue weighted by atomic mass is 9.63. The van der Waals surface area contributed by atoms with E-state index in [9.17, 15) is 9.90 Å². The van der Waals surface area contributed by atoms with Crippen LogP contribution in [0.4, 0.5) is 0 Å². The first kappa shape index (κ1) is 17.2. The van der Waals surface area contributed by atoms with Gasteiger partial charge in [0.05, 0.1) is 15.8 Å². The van der Waals surface area contributed by atoms with E-state index >= 15 is 0 Å². The topological polar surface area (TPSA) is 50.2 Å². The average molecular weight is 365 g/mol. The van der Waals surface area contributed by atoms with Crippen molar-refractivity contribution in [2.24, 2.45) is 0 Å². The molecule has 134 valence electrons. The lowest BCUT2D eigenvalue weighted by molar-refractivity contribution is 0.0697. The molecule has 0 aliphatic heterocycles. The summed E-state index contributed by atoms with van der Waals surface area (Å²) in [5.41, 5.74) is 5.49. The summed E-state index contributed by atoms with van der Waals surface area (Å²) in [6, 6.07) is 11.9. The predicted octanol–water partition coefficient (Wildman–Crippen LogP) is 6.01. The highest BCUT2D eigenvalue weighted by Gasteiger charge is 2.37. The molecule has 1 aliphatic carbocycles. The first-order chi connectivity index (χ1) is 12.2. The first-order valence-corrected chi connectivity index (χ1v) is 9.78. The lowest BCUT2D eigenvalue weighted by Gasteiger charge is -2.42. The number of fused-ring (bicyclic) bond motifs is 2. The zero-order valence-corrected chi connectivity index (χ0v) is 16.4. The molecule has 2 aromatic carbocycles. The van der Waals surface area contributed by atoms with Gasteiger partial charge in [-0.25, -0.2) is 9.78 Å². The number of carbonyl (C=O) groups is 1. The van der Waals surface area contributed by atoms with Crippen LogP contribution in [0.15, 0.2) is 36.4 Å². The molecule has 0 saturated carbocycles. The number of hydrogen-bond donors (Lipinski definition) is 1. The number of hydrogen-bond acceptors (Lipinski definition) is 3. The molecule has 0 unspecified atom stereocenters. The molecule has 26 heavy (non-hydrogen) atoms. The van der Waals surface area contributed by atoms with Crippen LogP contribution in [-0.2, 0) is 10.8 Å². The molecule has 4 rings (SSSR count). The molecule has 4 heteroatoms. The highest BCUT2D eigenvalue weighted by atomic mass is 32.1. The fourth-order valence-electron chi connectivity index (χ4n) is 3.90. The highest BCUT2D eigenvalue weighted by Crippen LogP contribution is 2.47. The number of rotatable bonds is 2. The molecule has 0 saturated heterocycles. The van der Waals surface area contributed by atoms with Crippen molar-refractivity contribution in [3.8, 4) is 10.6 Å². The number of benzene rings is 2. The van der Waals surface area contributed by atoms with Gasteiger partial charge < -0.3 is 5.11 Å². The molecule has 0 radical (unpaired) electrons. The van der Waals surface area contributed by atoms with Gasteiger partial charge in [-0.2, -0.15) is 0 Å². The molecule has 0 spiro atoms. The number of carboxylic acids is 1. The van der Waals surface area contributed by atoms with Gasteiger partial charge in [0.15, 0.2) is 0 Å². The van der Waals surface area contributed by atoms with E-state index < -0.39 is 5.97 Å². The van der Waals surface area contributed by atoms with Crippen molar-refractivity contribution in [3.05, 3.63) is 53.1 Å². The SMILES string of the molecule is CC1(C)CCC(C)(C)c2cc(-c3nc4ccc(C(=O)O)cc4s3)ccc21. The van der Waals surface area contributed by atoms with Gasteiger partial charge in [-0.15, -0.1) is 11.3 Å². The van der Waals surface area contributed by atoms with Crippen LogP contribution in [0.3, 0.4) is 0 Å². The molecule has 1 heterocycles. The molecular weight excluding hydrogens is 342 g/mol. The van der Waals surface area contributed by atoms with E-state index in [-0.39, 0.29) is 10.8 Å². The smallest absolute Gasteiger partial charge is 0.335 e. The maximum absolute atomic E-state index is 11.2. The molecule has 0 fully saturated rings. The Kier molecular flexibility index (Phi) is 3.74. The van der Waals surface area contributed by atoms with Crippen molar-refractivity contribution in [1.82, 2.24) is 4.98 Å². The zero-order chi connectivity index (χ0) is 18.7. The number of carboxylic acid groups (broad SMARTS) is 1. The van der Waals surface area contributed by atoms with Gasteiger partial charge in [-0.1, -0.05) is 39.8 Å². The number of aromatic carboxylic acids is 1. The molecule has 0 atom stereocenters. The average Bonchev–Trinajstić information content (AvgIpc) is 3.02. The number of nitrogens with zero attached hydrogens (tertiary/aromatic N) is 1. The van der Waals surface area contributed by atoms with Crippen molar-refractivity contribution in [3.63, 3.8) is 0 Å². The van der Waals surface area contributed by atoms with E-state index in [1.165, 1.54) is 24.0 Å². The molecule has 0 bridgehead atoms. The van der Waals surface area contributed by atoms with Crippen LogP contribution in [-0.4, -0.2) is 16.1 Å². The standard InChI is InChI=1S/C22H23NO2S/c1-21(2)9-10-22(3,4)16-11-13(5-7-15(16)21)19-23-17-8-6-14(20(24)25)12-18(17)26-19/h5-8,11-12H,9-10H2,1-4H3,(H,24,25). The second-order valence-corrected chi connectivity index (χ2v) is 9.57. The van der Waals surface area contributed by atoms with Crippen LogP contribution < -0.4 is 0 Å². The van der Waals surface area contributed by atoms with E-state index in [2.05, 4.69) is 45.9 Å². The van der Waals surface area contributed by atoms with Gasteiger partial charge in [0, 0.05) is 5.56 Å². The molecule has 3 aromatic rings. The molecule has 3 nitrogen and oxygen atoms in total. The first-order valence-electron chi connectivity index (χ1n) is 8.97. The second-order valence-electron chi connectivity index (χ2n) is 8.53. The van der Waals surface area contributed by atoms with Gasteiger partial charge in [-0.3, -0.25) is 0 Å². The van der Waals surface area contributed by atoms with Crippen LogP contribution in [0.1, 0.15) is 62.0 Å². The van der Waals surface area contributed by atoms with Crippen molar-refractivity contribution < 1.29 is 9.90 Å². The monoisotopic (exact) mass is 365 g/mol. The Labute approximate surface area is 157 Å². The third-order valence-corrected chi connectivity index (χ3v) is 6.80. The largest absolute Gasteiger partial charge is 0.478 e. The Bertz CT molecular complexity index is 1030. The second kappa shape index (κ2) is 5.65. The van der Waals surface area contributed by atoms with Crippen LogP contribution in [0.25, 0.3) is 20.8 Å². The molecule has 0 amide bonds. The van der Waals surface area contributed by atoms with Crippen molar-refractivity contribution in [2.45, 2.75) is 51.4 Å². The summed E-state index contributed by atoms with van der Waals surface area (Å²) in [5, 5.41) is 10.1. The van der Waals surface area contributed by atoms with E-state index in [4.69, 9.17) is 4.98 Å². The van der Waals surface area contributed by atoms with Crippen molar-refractivity contribution in [1.29, 1.82) is 0 Å². The van der Waals surface area contributed by atoms with E-state index in [0.717, 1.165) is 20.8 Å². The summed E-state index contributed by atoms with van der Waals surface area (Å²) in [6.07, 6.45) is 2.38. The predicted molar refractivity (Wildman–Crippen MR) is 107 cm³/mol. The van der Waals surface area contributed by atoms with Crippen molar-refractivity contribution in [2.75, 3.05) is 0 Å². The number of thiazole rings is 1. The summed E-state index contributed by atoms with van der Waals surface area (Å²) in [4.78, 5) is 15.9. The minimum Gasteiger partial charge on any atom is -0.478 e. The quantitative estimate of drug-likeness (QED) is 0.605. The third kappa shape index (κ3) is 2.73. The molecule has 1 aromatic heterocycles. The Morgan fingerprint density at radius 2 is 1.69 bits per heavy atom. The highest BCUT2D eigenvalue weighted by molar-refractivity contribution is 7.21. The summed E-state index contributed by atoms with van der Waals surface area (Å²) in [5.74, 6) is -0.903. The summed E-state index contributed by atoms with van der Waals surface area (Å²) < 4.78 is 0.914. The van der Waals surface area contributed by atoms with Crippen LogP contribution in [0.5, 0.6) is 0 Å². The Balaban J connectivity index is 1.84. The molecular formula is C22H23NO2S. The van der Waals surface area contributed by atoms with Gasteiger partial charge in [0.1, 0.15) is 5.01 Å². The minimum absolute atomic E-state index is 0.161. The van der Waals surface area contributed by atoms with E-state index in [1.54, 1.807) is 29.5 Å². The Hall–Kier alpha value is -2.20. The maximum Gasteiger partial charge on any atom is 0.335 e. The Morgan fingerprint density at radius 3 is 2.38 bits per heavy atom. The Morgan fingerprint density at radius 1 is 1.00 bits per heavy atom. The molecule has 1 aliphatic rings. The van der Waals surface area contributed by atoms with Gasteiger partial charge in [0.2, 0.25) is 0 Å². The number of aromatic nitrogens is 1. The van der Waals surface area contributed by atoms with Crippen LogP contribution in [0, 0.1) is 0 Å². The van der Waals surface area contributed by atoms with Gasteiger partial charge in [0.25, 0.3) is 0 Å². The third-order valence-electron chi connectivity index (χ3n) is 5.74. The maximum atomic E-state index is 11.2. The minimum atomic E-state index is -0.903. The van der Waals surface area contributed by atoms with Crippen LogP contribution >= 0.6 is 11.3 Å². The summed E-state index contributed by atoms with van der Waals surface area (Å²) in [7, 11) is 0. The fourth-order valence-corrected chi connectivity index (χ4v) is 4.90. The summed E-state index contributed by atoms with van der Waals surface area (Å²) >= 11 is 1.56. The van der Waals surface area contributed by atoms with E-state index in [1.807, 2.05) is 0 Å². The normalized spacial score (nSPS) is 17.8. The van der Waals surface area contributed by atoms with Gasteiger partial charge in [-0.05, 0) is 59.1 Å². The fraction of sp³-hybridized carbons (Fsp3) is 0.364. The zero-order valence-electron chi connectivity index (χ0n) is 15.6. The van der Waals surface area contributed by atoms with Crippen molar-refractivity contribution >= 4 is 27.5 Å². The van der Waals surface area contributed by atoms with Gasteiger partial charge >= 0.3 is 5.97 Å². The van der Waals surface area contributed by atoms with Crippen LogP contribution in [0.2, 0.25) is 0 Å². The lowest BCUT2D eigenvalue weighted by Crippen LogP contribution is -2.33. The summed E-state index contributed by atoms with van der Waals surface area (Å²) in [6.45, 7) is 9.29. The molecule has 1 N–H and O–H groups in total.